The quantitative estimate of drug-likeness (QED) is 0.316. The van der Waals surface area contributed by atoms with E-state index < -0.39 is 0 Å². The van der Waals surface area contributed by atoms with Crippen molar-refractivity contribution < 1.29 is 9.53 Å². The third kappa shape index (κ3) is 6.95. The summed E-state index contributed by atoms with van der Waals surface area (Å²) in [6.07, 6.45) is 5.83. The molecule has 22 heavy (non-hydrogen) atoms. The lowest BCUT2D eigenvalue weighted by Gasteiger charge is -2.09. The van der Waals surface area contributed by atoms with Gasteiger partial charge in [0, 0.05) is 12.6 Å². The Hall–Kier alpha value is -2.27. The summed E-state index contributed by atoms with van der Waals surface area (Å²) in [5, 5.41) is 2.84. The predicted molar refractivity (Wildman–Crippen MR) is 91.8 cm³/mol. The molecule has 0 saturated carbocycles. The molecule has 0 aromatic heterocycles. The van der Waals surface area contributed by atoms with Crippen LogP contribution in [0.1, 0.15) is 12.0 Å². The van der Waals surface area contributed by atoms with E-state index in [0.717, 1.165) is 18.5 Å². The number of carbonyl (C=O) groups excluding carboxylic acids is 1. The second-order valence-electron chi connectivity index (χ2n) is 5.18. The van der Waals surface area contributed by atoms with Gasteiger partial charge in [0.05, 0.1) is 5.69 Å². The van der Waals surface area contributed by atoms with Crippen LogP contribution >= 0.6 is 0 Å². The molecule has 0 aliphatic carbocycles. The smallest absolute Gasteiger partial charge is 0.243 e. The number of hydrogen-bond acceptors (Lipinski definition) is 4. The van der Waals surface area contributed by atoms with Gasteiger partial charge in [0.15, 0.2) is 0 Å². The molecule has 0 unspecified atom stereocenters. The number of amides is 1. The Morgan fingerprint density at radius 2 is 2.23 bits per heavy atom. The van der Waals surface area contributed by atoms with E-state index in [4.69, 9.17) is 10.5 Å². The zero-order valence-corrected chi connectivity index (χ0v) is 13.3. The van der Waals surface area contributed by atoms with Gasteiger partial charge in [0.2, 0.25) is 5.91 Å². The first-order valence-corrected chi connectivity index (χ1v) is 7.27. The van der Waals surface area contributed by atoms with Gasteiger partial charge in [-0.15, -0.1) is 0 Å². The summed E-state index contributed by atoms with van der Waals surface area (Å²) in [5.41, 5.74) is 7.29. The lowest BCUT2D eigenvalue weighted by atomic mass is 10.1. The van der Waals surface area contributed by atoms with Crippen molar-refractivity contribution in [3.05, 3.63) is 42.5 Å². The van der Waals surface area contributed by atoms with Gasteiger partial charge in [-0.3, -0.25) is 4.79 Å². The summed E-state index contributed by atoms with van der Waals surface area (Å²) in [5.74, 6) is 0.509. The Labute approximate surface area is 132 Å². The fourth-order valence-electron chi connectivity index (χ4n) is 1.79. The van der Waals surface area contributed by atoms with Crippen molar-refractivity contribution in [1.29, 1.82) is 0 Å². The minimum absolute atomic E-state index is 0.107. The van der Waals surface area contributed by atoms with Crippen LogP contribution in [0.15, 0.2) is 36.9 Å². The SMILES string of the molecule is C=CCOc1ccc(/C=C\C(=O)NCCCN(C)C)cc1N. The van der Waals surface area contributed by atoms with Gasteiger partial charge in [-0.25, -0.2) is 0 Å². The van der Waals surface area contributed by atoms with E-state index in [0.29, 0.717) is 24.6 Å². The van der Waals surface area contributed by atoms with Gasteiger partial charge in [-0.05, 0) is 50.8 Å². The van der Waals surface area contributed by atoms with Crippen molar-refractivity contribution in [2.24, 2.45) is 0 Å². The van der Waals surface area contributed by atoms with Crippen LogP contribution in [0.3, 0.4) is 0 Å². The van der Waals surface area contributed by atoms with Crippen LogP contribution in [0.5, 0.6) is 5.75 Å². The summed E-state index contributed by atoms with van der Waals surface area (Å²) in [7, 11) is 4.02. The van der Waals surface area contributed by atoms with Gasteiger partial charge in [0.25, 0.3) is 0 Å². The maximum absolute atomic E-state index is 11.7. The largest absolute Gasteiger partial charge is 0.487 e. The van der Waals surface area contributed by atoms with Gasteiger partial charge in [-0.1, -0.05) is 18.7 Å². The van der Waals surface area contributed by atoms with Crippen LogP contribution < -0.4 is 15.8 Å². The molecule has 0 radical (unpaired) electrons. The maximum atomic E-state index is 11.7. The average molecular weight is 303 g/mol. The minimum Gasteiger partial charge on any atom is -0.487 e. The molecule has 1 aromatic carbocycles. The summed E-state index contributed by atoms with van der Waals surface area (Å²) in [4.78, 5) is 13.8. The predicted octanol–water partition coefficient (Wildman–Crippen LogP) is 1.91. The molecular weight excluding hydrogens is 278 g/mol. The molecule has 0 aliphatic heterocycles. The zero-order chi connectivity index (χ0) is 16.4. The van der Waals surface area contributed by atoms with E-state index in [9.17, 15) is 4.79 Å². The van der Waals surface area contributed by atoms with Crippen LogP contribution in [0.25, 0.3) is 6.08 Å². The second-order valence-corrected chi connectivity index (χ2v) is 5.18. The highest BCUT2D eigenvalue weighted by molar-refractivity contribution is 5.91. The first kappa shape index (κ1) is 17.8. The van der Waals surface area contributed by atoms with E-state index in [1.807, 2.05) is 20.2 Å². The van der Waals surface area contributed by atoms with E-state index in [-0.39, 0.29) is 5.91 Å². The molecule has 120 valence electrons. The topological polar surface area (TPSA) is 67.6 Å². The highest BCUT2D eigenvalue weighted by Gasteiger charge is 2.01. The van der Waals surface area contributed by atoms with Gasteiger partial charge >= 0.3 is 0 Å². The van der Waals surface area contributed by atoms with Crippen molar-refractivity contribution in [3.8, 4) is 5.75 Å². The number of hydrogen-bond donors (Lipinski definition) is 2. The number of carbonyl (C=O) groups is 1. The monoisotopic (exact) mass is 303 g/mol. The third-order valence-electron chi connectivity index (χ3n) is 2.90. The van der Waals surface area contributed by atoms with E-state index in [2.05, 4.69) is 16.8 Å². The van der Waals surface area contributed by atoms with E-state index >= 15 is 0 Å². The fraction of sp³-hybridized carbons (Fsp3) is 0.353. The highest BCUT2D eigenvalue weighted by Crippen LogP contribution is 2.23. The zero-order valence-electron chi connectivity index (χ0n) is 13.3. The first-order valence-electron chi connectivity index (χ1n) is 7.27. The van der Waals surface area contributed by atoms with Crippen molar-refractivity contribution in [2.75, 3.05) is 39.5 Å². The van der Waals surface area contributed by atoms with Crippen molar-refractivity contribution in [1.82, 2.24) is 10.2 Å². The van der Waals surface area contributed by atoms with Crippen LogP contribution in [0.2, 0.25) is 0 Å². The Balaban J connectivity index is 2.46. The number of nitrogen functional groups attached to an aromatic ring is 1. The molecule has 0 aliphatic rings. The standard InChI is InChI=1S/C17H25N3O2/c1-4-12-22-16-8-6-14(13-15(16)18)7-9-17(21)19-10-5-11-20(2)3/h4,6-9,13H,1,5,10-12,18H2,2-3H3,(H,19,21)/b9-7-. The van der Waals surface area contributed by atoms with Crippen LogP contribution in [0.4, 0.5) is 5.69 Å². The van der Waals surface area contributed by atoms with Crippen molar-refractivity contribution >= 4 is 17.7 Å². The van der Waals surface area contributed by atoms with E-state index in [1.165, 1.54) is 6.08 Å². The molecule has 0 heterocycles. The molecule has 0 saturated heterocycles. The summed E-state index contributed by atoms with van der Waals surface area (Å²) in [6, 6.07) is 5.41. The number of nitrogens with zero attached hydrogens (tertiary/aromatic N) is 1. The number of nitrogens with two attached hydrogens (primary N) is 1. The molecular formula is C17H25N3O2. The molecule has 5 nitrogen and oxygen atoms in total. The summed E-state index contributed by atoms with van der Waals surface area (Å²) >= 11 is 0. The normalized spacial score (nSPS) is 10.9. The van der Waals surface area contributed by atoms with Gasteiger partial charge in [-0.2, -0.15) is 0 Å². The molecule has 1 rings (SSSR count). The third-order valence-corrected chi connectivity index (χ3v) is 2.90. The number of benzene rings is 1. The van der Waals surface area contributed by atoms with Crippen LogP contribution in [0, 0.1) is 0 Å². The summed E-state index contributed by atoms with van der Waals surface area (Å²) in [6.45, 7) is 5.61. The number of anilines is 1. The van der Waals surface area contributed by atoms with E-state index in [1.54, 1.807) is 24.3 Å². The molecule has 5 heteroatoms. The molecule has 3 N–H and O–H groups in total. The Morgan fingerprint density at radius 1 is 1.45 bits per heavy atom. The summed E-state index contributed by atoms with van der Waals surface area (Å²) < 4.78 is 5.40. The van der Waals surface area contributed by atoms with Crippen molar-refractivity contribution in [3.63, 3.8) is 0 Å². The average Bonchev–Trinajstić information content (AvgIpc) is 2.48. The number of nitrogens with one attached hydrogen (secondary N) is 1. The van der Waals surface area contributed by atoms with Crippen molar-refractivity contribution in [2.45, 2.75) is 6.42 Å². The molecule has 0 fully saturated rings. The lowest BCUT2D eigenvalue weighted by Crippen LogP contribution is -2.25. The number of ether oxygens (including phenoxy) is 1. The van der Waals surface area contributed by atoms with Gasteiger partial charge in [0.1, 0.15) is 12.4 Å². The first-order chi connectivity index (χ1) is 10.5. The second kappa shape index (κ2) is 9.63. The molecule has 0 atom stereocenters. The Morgan fingerprint density at radius 3 is 2.86 bits per heavy atom. The Kier molecular flexibility index (Phi) is 7.78. The van der Waals surface area contributed by atoms with Gasteiger partial charge < -0.3 is 20.7 Å². The van der Waals surface area contributed by atoms with Crippen LogP contribution in [-0.4, -0.2) is 44.6 Å². The Bertz CT molecular complexity index is 525. The fourth-order valence-corrected chi connectivity index (χ4v) is 1.79. The lowest BCUT2D eigenvalue weighted by molar-refractivity contribution is -0.116. The molecule has 0 bridgehead atoms. The molecule has 1 amide bonds. The highest BCUT2D eigenvalue weighted by atomic mass is 16.5. The number of rotatable bonds is 9. The molecule has 1 aromatic rings. The maximum Gasteiger partial charge on any atom is 0.243 e. The van der Waals surface area contributed by atoms with Crippen LogP contribution in [-0.2, 0) is 4.79 Å². The molecule has 0 spiro atoms. The minimum atomic E-state index is -0.107.